The molecule has 2 aromatic heterocycles. The predicted octanol–water partition coefficient (Wildman–Crippen LogP) is 5.50. The number of piperazine rings is 1. The van der Waals surface area contributed by atoms with Gasteiger partial charge in [0.15, 0.2) is 11.2 Å². The van der Waals surface area contributed by atoms with E-state index in [9.17, 15) is 19.2 Å². The lowest BCUT2D eigenvalue weighted by Gasteiger charge is -2.42. The van der Waals surface area contributed by atoms with Gasteiger partial charge >= 0.3 is 0 Å². The minimum Gasteiger partial charge on any atom is -0.374 e. The fourth-order valence-corrected chi connectivity index (χ4v) is 9.97. The highest BCUT2D eigenvalue weighted by Gasteiger charge is 2.43. The van der Waals surface area contributed by atoms with E-state index in [1.165, 1.54) is 27.9 Å². The molecule has 4 amide bonds. The van der Waals surface area contributed by atoms with E-state index in [1.54, 1.807) is 24.0 Å². The fourth-order valence-electron chi connectivity index (χ4n) is 9.44. The molecule has 5 aliphatic rings. The molecule has 5 aromatic rings. The summed E-state index contributed by atoms with van der Waals surface area (Å²) in [6, 6.07) is 19.0. The summed E-state index contributed by atoms with van der Waals surface area (Å²) in [5.41, 5.74) is 6.57. The average Bonchev–Trinajstić information content (AvgIpc) is 4.07. The minimum atomic E-state index is -1.04. The lowest BCUT2D eigenvalue weighted by molar-refractivity contribution is -0.133. The average molecular weight is 800 g/mol. The summed E-state index contributed by atoms with van der Waals surface area (Å²) in [5, 5.41) is 10.7. The molecule has 3 fully saturated rings. The summed E-state index contributed by atoms with van der Waals surface area (Å²) in [6.45, 7) is 3.42. The maximum absolute atomic E-state index is 16.0. The number of hydrogen-bond acceptors (Lipinski definition) is 10. The van der Waals surface area contributed by atoms with Crippen LogP contribution in [0.4, 0.5) is 20.9 Å². The van der Waals surface area contributed by atoms with Gasteiger partial charge in [0.2, 0.25) is 11.8 Å². The van der Waals surface area contributed by atoms with Crippen molar-refractivity contribution in [2.75, 3.05) is 28.6 Å². The van der Waals surface area contributed by atoms with E-state index in [1.807, 2.05) is 28.8 Å². The Kier molecular flexibility index (Phi) is 9.28. The third kappa shape index (κ3) is 6.71. The second-order valence-electron chi connectivity index (χ2n) is 15.9. The monoisotopic (exact) mass is 799 g/mol. The highest BCUT2D eigenvalue weighted by atomic mass is 32.1. The molecule has 3 saturated heterocycles. The molecular weight excluding hydrogens is 758 g/mol. The number of nitrogens with one attached hydrogen (secondary N) is 3. The second kappa shape index (κ2) is 14.8. The molecule has 0 saturated carbocycles. The van der Waals surface area contributed by atoms with Crippen LogP contribution in [0, 0.1) is 5.82 Å². The van der Waals surface area contributed by atoms with Gasteiger partial charge in [-0.3, -0.25) is 34.7 Å². The molecule has 3 N–H and O–H groups in total. The van der Waals surface area contributed by atoms with Crippen LogP contribution in [-0.4, -0.2) is 79.2 Å². The van der Waals surface area contributed by atoms with Gasteiger partial charge in [-0.25, -0.2) is 14.4 Å². The number of aromatic nitrogens is 3. The van der Waals surface area contributed by atoms with Crippen molar-refractivity contribution < 1.29 is 23.6 Å². The number of rotatable bonds is 10. The Morgan fingerprint density at radius 3 is 2.48 bits per heavy atom. The van der Waals surface area contributed by atoms with E-state index in [0.29, 0.717) is 41.3 Å². The number of imidazole rings is 1. The zero-order valence-electron chi connectivity index (χ0n) is 31.7. The summed E-state index contributed by atoms with van der Waals surface area (Å²) >= 11 is 1.29. The third-order valence-electron chi connectivity index (χ3n) is 12.4. The van der Waals surface area contributed by atoms with E-state index in [-0.39, 0.29) is 29.5 Å². The number of thiazole rings is 1. The quantitative estimate of drug-likeness (QED) is 0.156. The highest BCUT2D eigenvalue weighted by Crippen LogP contribution is 2.39. The first kappa shape index (κ1) is 36.4. The maximum Gasteiger partial charge on any atom is 0.255 e. The van der Waals surface area contributed by atoms with Crippen LogP contribution >= 0.6 is 11.3 Å². The van der Waals surface area contributed by atoms with Crippen molar-refractivity contribution in [2.45, 2.75) is 82.3 Å². The normalized spacial score (nSPS) is 21.9. The second-order valence-corrected chi connectivity index (χ2v) is 16.8. The Labute approximate surface area is 338 Å². The summed E-state index contributed by atoms with van der Waals surface area (Å²) in [6.07, 6.45) is 8.09. The van der Waals surface area contributed by atoms with Crippen molar-refractivity contribution in [3.63, 3.8) is 0 Å². The molecular formula is C43H42FN9O4S. The van der Waals surface area contributed by atoms with Crippen LogP contribution in [0.2, 0.25) is 0 Å². The fraction of sp³-hybridized carbons (Fsp3) is 0.349. The number of benzene rings is 3. The molecule has 5 aliphatic heterocycles. The number of hydrogen-bond donors (Lipinski definition) is 3. The molecule has 7 heterocycles. The smallest absolute Gasteiger partial charge is 0.255 e. The molecule has 2 bridgehead atoms. The first-order valence-electron chi connectivity index (χ1n) is 19.9. The van der Waals surface area contributed by atoms with E-state index < -0.39 is 29.7 Å². The Balaban J connectivity index is 0.813. The number of piperidine rings is 1. The highest BCUT2D eigenvalue weighted by molar-refractivity contribution is 7.13. The Morgan fingerprint density at radius 2 is 1.74 bits per heavy atom. The molecule has 4 atom stereocenters. The van der Waals surface area contributed by atoms with Crippen LogP contribution in [0.25, 0.3) is 11.1 Å². The van der Waals surface area contributed by atoms with Gasteiger partial charge < -0.3 is 19.7 Å². The minimum absolute atomic E-state index is 0.0388. The first-order valence-corrected chi connectivity index (χ1v) is 20.8. The molecule has 4 unspecified atom stereocenters. The van der Waals surface area contributed by atoms with Crippen LogP contribution in [-0.2, 0) is 40.4 Å². The zero-order chi connectivity index (χ0) is 39.5. The molecule has 13 nitrogen and oxygen atoms in total. The van der Waals surface area contributed by atoms with Gasteiger partial charge in [0.05, 0.1) is 18.6 Å². The van der Waals surface area contributed by atoms with Crippen molar-refractivity contribution in [1.82, 2.24) is 29.7 Å². The van der Waals surface area contributed by atoms with Crippen LogP contribution in [0.3, 0.4) is 0 Å². The van der Waals surface area contributed by atoms with Gasteiger partial charge in [-0.2, -0.15) is 0 Å². The lowest BCUT2D eigenvalue weighted by Crippen LogP contribution is -2.53. The van der Waals surface area contributed by atoms with Crippen LogP contribution < -0.4 is 20.9 Å². The summed E-state index contributed by atoms with van der Waals surface area (Å²) in [5.74, 6) is -1.81. The first-order chi connectivity index (χ1) is 28.3. The molecule has 0 aliphatic carbocycles. The van der Waals surface area contributed by atoms with Gasteiger partial charge in [0, 0.05) is 84.5 Å². The zero-order valence-corrected chi connectivity index (χ0v) is 32.5. The number of anilines is 3. The molecule has 0 spiro atoms. The van der Waals surface area contributed by atoms with Crippen molar-refractivity contribution >= 4 is 51.5 Å². The van der Waals surface area contributed by atoms with Gasteiger partial charge in [-0.05, 0) is 85.2 Å². The number of fused-ring (bicyclic) bond motifs is 4. The summed E-state index contributed by atoms with van der Waals surface area (Å²) < 4.78 is 18.0. The van der Waals surface area contributed by atoms with Crippen LogP contribution in [0.5, 0.6) is 0 Å². The molecule has 10 rings (SSSR count). The van der Waals surface area contributed by atoms with Gasteiger partial charge in [0.1, 0.15) is 11.9 Å². The SMILES string of the molecule is O=C1CCC(Nc2ccc(CN3C4CCC3CN(c3ccc(-c5cc(F)c6c(c5)C(=O)N(C(C(=O)Nc5nccs5)c5ncn7c5CCC7)C6)cc3)C4)cc2)C(=O)N1. The molecule has 3 aromatic carbocycles. The van der Waals surface area contributed by atoms with Crippen molar-refractivity contribution in [3.05, 3.63) is 112 Å². The standard InChI is InChI=1S/C43H42FN9O4S/c44-34-19-27(18-32-33(34)23-53(42(32)57)39(41(56)49-43-45-15-17-58-43)38-36-2-1-16-50(36)24-46-38)26-5-9-29(10-6-26)51-21-30-11-12-31(22-51)52(30)20-25-3-7-28(8-4-25)47-35-13-14-37(54)48-40(35)55/h3-10,15,17-19,24,30-31,35,39,47H,1-2,11-14,16,20-23H2,(H,45,49,56)(H,48,54,55). The summed E-state index contributed by atoms with van der Waals surface area (Å²) in [7, 11) is 0. The topological polar surface area (TPSA) is 145 Å². The van der Waals surface area contributed by atoms with Crippen molar-refractivity contribution in [3.8, 4) is 11.1 Å². The molecule has 58 heavy (non-hydrogen) atoms. The number of carbonyl (C=O) groups excluding carboxylic acids is 4. The molecule has 296 valence electrons. The van der Waals surface area contributed by atoms with E-state index in [2.05, 4.69) is 60.0 Å². The summed E-state index contributed by atoms with van der Waals surface area (Å²) in [4.78, 5) is 66.9. The van der Waals surface area contributed by atoms with E-state index in [4.69, 9.17) is 0 Å². The molecule has 15 heteroatoms. The number of carbonyl (C=O) groups is 4. The number of halogens is 1. The third-order valence-corrected chi connectivity index (χ3v) is 13.1. The maximum atomic E-state index is 16.0. The van der Waals surface area contributed by atoms with Gasteiger partial charge in [-0.1, -0.05) is 24.3 Å². The van der Waals surface area contributed by atoms with Crippen molar-refractivity contribution in [1.29, 1.82) is 0 Å². The van der Waals surface area contributed by atoms with E-state index in [0.717, 1.165) is 74.5 Å². The largest absolute Gasteiger partial charge is 0.374 e. The predicted molar refractivity (Wildman–Crippen MR) is 217 cm³/mol. The van der Waals surface area contributed by atoms with Gasteiger partial charge in [-0.15, -0.1) is 11.3 Å². The Bertz CT molecular complexity index is 2400. The lowest BCUT2D eigenvalue weighted by atomic mass is 9.99. The van der Waals surface area contributed by atoms with Crippen molar-refractivity contribution in [2.24, 2.45) is 0 Å². The number of nitrogens with zero attached hydrogens (tertiary/aromatic N) is 6. The Hall–Kier alpha value is -5.93. The molecule has 0 radical (unpaired) electrons. The van der Waals surface area contributed by atoms with Gasteiger partial charge in [0.25, 0.3) is 11.8 Å². The number of imide groups is 1. The Morgan fingerprint density at radius 1 is 0.948 bits per heavy atom. The van der Waals surface area contributed by atoms with Crippen LogP contribution in [0.15, 0.2) is 78.6 Å². The number of aryl methyl sites for hydroxylation is 1. The van der Waals surface area contributed by atoms with E-state index >= 15 is 4.39 Å². The van der Waals surface area contributed by atoms with Crippen LogP contribution in [0.1, 0.15) is 71.0 Å². The number of amides is 4.